The molecule has 0 amide bonds. The largest absolute Gasteiger partial charge is 0.493 e. The minimum Gasteiger partial charge on any atom is -0.493 e. The maximum atomic E-state index is 14.0. The van der Waals surface area contributed by atoms with Crippen LogP contribution in [-0.2, 0) is 12.8 Å². The molecule has 0 saturated carbocycles. The van der Waals surface area contributed by atoms with E-state index in [2.05, 4.69) is 22.0 Å². The van der Waals surface area contributed by atoms with Crippen LogP contribution in [0.15, 0.2) is 34.8 Å². The van der Waals surface area contributed by atoms with Crippen LogP contribution >= 0.6 is 15.9 Å². The molecular weight excluding hydrogens is 333 g/mol. The molecule has 0 bridgehead atoms. The summed E-state index contributed by atoms with van der Waals surface area (Å²) < 4.78 is 20.7. The van der Waals surface area contributed by atoms with E-state index in [4.69, 9.17) is 10.5 Å². The van der Waals surface area contributed by atoms with Crippen LogP contribution in [0.1, 0.15) is 28.3 Å². The normalized spacial score (nSPS) is 14.7. The highest BCUT2D eigenvalue weighted by atomic mass is 79.9. The summed E-state index contributed by atoms with van der Waals surface area (Å²) in [6.07, 6.45) is 1.47. The number of nitrogens with two attached hydrogens (primary N) is 1. The Hall–Kier alpha value is -1.39. The average molecular weight is 350 g/mol. The molecule has 0 aromatic heterocycles. The van der Waals surface area contributed by atoms with Crippen molar-refractivity contribution in [3.63, 3.8) is 0 Å². The predicted molar refractivity (Wildman–Crippen MR) is 85.1 cm³/mol. The molecule has 0 radical (unpaired) electrons. The van der Waals surface area contributed by atoms with Gasteiger partial charge in [0.05, 0.1) is 6.61 Å². The van der Waals surface area contributed by atoms with Gasteiger partial charge in [0.1, 0.15) is 11.6 Å². The summed E-state index contributed by atoms with van der Waals surface area (Å²) in [4.78, 5) is 0. The fraction of sp³-hybridized carbons (Fsp3) is 0.294. The molecule has 2 aromatic carbocycles. The number of hydrogen-bond acceptors (Lipinski definition) is 2. The lowest BCUT2D eigenvalue weighted by molar-refractivity contribution is 0.352. The van der Waals surface area contributed by atoms with E-state index in [1.54, 1.807) is 6.07 Å². The number of ether oxygens (including phenoxy) is 1. The van der Waals surface area contributed by atoms with Crippen molar-refractivity contribution >= 4 is 15.9 Å². The molecule has 0 saturated heterocycles. The fourth-order valence-corrected chi connectivity index (χ4v) is 3.33. The van der Waals surface area contributed by atoms with Crippen molar-refractivity contribution in [3.05, 3.63) is 62.9 Å². The Labute approximate surface area is 132 Å². The van der Waals surface area contributed by atoms with E-state index >= 15 is 0 Å². The smallest absolute Gasteiger partial charge is 0.128 e. The van der Waals surface area contributed by atoms with Crippen LogP contribution < -0.4 is 10.5 Å². The van der Waals surface area contributed by atoms with Crippen LogP contribution in [0.2, 0.25) is 0 Å². The molecule has 1 aliphatic rings. The molecule has 1 aliphatic heterocycles. The second kappa shape index (κ2) is 5.78. The molecule has 110 valence electrons. The van der Waals surface area contributed by atoms with Gasteiger partial charge in [0.2, 0.25) is 0 Å². The zero-order chi connectivity index (χ0) is 15.0. The van der Waals surface area contributed by atoms with Crippen LogP contribution in [0.4, 0.5) is 4.39 Å². The maximum Gasteiger partial charge on any atom is 0.128 e. The molecular formula is C17H17BrFNO. The fourth-order valence-electron chi connectivity index (χ4n) is 2.78. The molecule has 2 aromatic rings. The van der Waals surface area contributed by atoms with Crippen LogP contribution in [-0.4, -0.2) is 6.61 Å². The summed E-state index contributed by atoms with van der Waals surface area (Å²) in [5.41, 5.74) is 9.88. The number of hydrogen-bond donors (Lipinski definition) is 1. The van der Waals surface area contributed by atoms with Crippen LogP contribution in [0.25, 0.3) is 0 Å². The summed E-state index contributed by atoms with van der Waals surface area (Å²) in [5, 5.41) is 0. The summed E-state index contributed by atoms with van der Waals surface area (Å²) in [6.45, 7) is 2.57. The number of fused-ring (bicyclic) bond motifs is 1. The Kier molecular flexibility index (Phi) is 4.00. The lowest BCUT2D eigenvalue weighted by Gasteiger charge is -2.16. The van der Waals surface area contributed by atoms with E-state index in [1.807, 2.05) is 19.1 Å². The molecule has 0 spiro atoms. The first-order chi connectivity index (χ1) is 10.0. The SMILES string of the molecule is Cc1ccc(C(N)Cc2cc(Br)cc3c2OCC3)c(F)c1. The van der Waals surface area contributed by atoms with Gasteiger partial charge in [-0.2, -0.15) is 0 Å². The van der Waals surface area contributed by atoms with Crippen molar-refractivity contribution < 1.29 is 9.13 Å². The minimum absolute atomic E-state index is 0.241. The van der Waals surface area contributed by atoms with Gasteiger partial charge in [0.15, 0.2) is 0 Å². The summed E-state index contributed by atoms with van der Waals surface area (Å²) in [6, 6.07) is 8.89. The first kappa shape index (κ1) is 14.5. The van der Waals surface area contributed by atoms with Gasteiger partial charge in [0.25, 0.3) is 0 Å². The minimum atomic E-state index is -0.381. The second-order valence-corrected chi connectivity index (χ2v) is 6.40. The van der Waals surface area contributed by atoms with Gasteiger partial charge < -0.3 is 10.5 Å². The molecule has 3 rings (SSSR count). The topological polar surface area (TPSA) is 35.2 Å². The highest BCUT2D eigenvalue weighted by Gasteiger charge is 2.20. The standard InChI is InChI=1S/C17H17BrFNO/c1-10-2-3-14(15(19)6-10)16(20)9-12-8-13(18)7-11-4-5-21-17(11)12/h2-3,6-8,16H,4-5,9,20H2,1H3. The zero-order valence-corrected chi connectivity index (χ0v) is 13.4. The molecule has 4 heteroatoms. The number of benzene rings is 2. The van der Waals surface area contributed by atoms with E-state index in [-0.39, 0.29) is 11.9 Å². The Morgan fingerprint density at radius 1 is 1.33 bits per heavy atom. The van der Waals surface area contributed by atoms with Crippen LogP contribution in [0.5, 0.6) is 5.75 Å². The van der Waals surface area contributed by atoms with E-state index in [9.17, 15) is 4.39 Å². The highest BCUT2D eigenvalue weighted by Crippen LogP contribution is 2.35. The van der Waals surface area contributed by atoms with Crippen molar-refractivity contribution in [2.45, 2.75) is 25.8 Å². The summed E-state index contributed by atoms with van der Waals surface area (Å²) in [5.74, 6) is 0.677. The van der Waals surface area contributed by atoms with Crippen molar-refractivity contribution in [1.29, 1.82) is 0 Å². The molecule has 1 heterocycles. The molecule has 1 atom stereocenters. The van der Waals surface area contributed by atoms with Gasteiger partial charge in [-0.05, 0) is 48.2 Å². The third kappa shape index (κ3) is 2.97. The molecule has 2 nitrogen and oxygen atoms in total. The average Bonchev–Trinajstić information content (AvgIpc) is 2.86. The van der Waals surface area contributed by atoms with Gasteiger partial charge >= 0.3 is 0 Å². The Morgan fingerprint density at radius 2 is 2.14 bits per heavy atom. The van der Waals surface area contributed by atoms with Crippen molar-refractivity contribution in [1.82, 2.24) is 0 Å². The van der Waals surface area contributed by atoms with Crippen molar-refractivity contribution in [2.75, 3.05) is 6.61 Å². The van der Waals surface area contributed by atoms with Gasteiger partial charge in [-0.25, -0.2) is 4.39 Å². The quantitative estimate of drug-likeness (QED) is 0.906. The van der Waals surface area contributed by atoms with Crippen molar-refractivity contribution in [2.24, 2.45) is 5.73 Å². The van der Waals surface area contributed by atoms with Crippen LogP contribution in [0.3, 0.4) is 0 Å². The molecule has 0 fully saturated rings. The van der Waals surface area contributed by atoms with Gasteiger partial charge in [0, 0.05) is 22.5 Å². The molecule has 2 N–H and O–H groups in total. The number of halogens is 2. The predicted octanol–water partition coefficient (Wildman–Crippen LogP) is 4.07. The van der Waals surface area contributed by atoms with Gasteiger partial charge in [-0.15, -0.1) is 0 Å². The Balaban J connectivity index is 1.90. The first-order valence-electron chi connectivity index (χ1n) is 7.00. The van der Waals surface area contributed by atoms with E-state index < -0.39 is 0 Å². The Morgan fingerprint density at radius 3 is 2.90 bits per heavy atom. The maximum absolute atomic E-state index is 14.0. The lowest BCUT2D eigenvalue weighted by atomic mass is 9.96. The highest BCUT2D eigenvalue weighted by molar-refractivity contribution is 9.10. The van der Waals surface area contributed by atoms with E-state index in [1.165, 1.54) is 11.6 Å². The summed E-state index contributed by atoms with van der Waals surface area (Å²) in [7, 11) is 0. The zero-order valence-electron chi connectivity index (χ0n) is 11.8. The number of aryl methyl sites for hydroxylation is 1. The summed E-state index contributed by atoms with van der Waals surface area (Å²) >= 11 is 3.52. The van der Waals surface area contributed by atoms with E-state index in [0.29, 0.717) is 18.6 Å². The third-order valence-electron chi connectivity index (χ3n) is 3.82. The second-order valence-electron chi connectivity index (χ2n) is 5.49. The lowest BCUT2D eigenvalue weighted by Crippen LogP contribution is -2.15. The number of rotatable bonds is 3. The van der Waals surface area contributed by atoms with Gasteiger partial charge in [-0.3, -0.25) is 0 Å². The Bertz CT molecular complexity index is 687. The molecule has 0 aliphatic carbocycles. The van der Waals surface area contributed by atoms with Crippen LogP contribution in [0, 0.1) is 12.7 Å². The first-order valence-corrected chi connectivity index (χ1v) is 7.79. The third-order valence-corrected chi connectivity index (χ3v) is 4.28. The molecule has 1 unspecified atom stereocenters. The van der Waals surface area contributed by atoms with Crippen molar-refractivity contribution in [3.8, 4) is 5.75 Å². The molecule has 21 heavy (non-hydrogen) atoms. The van der Waals surface area contributed by atoms with Gasteiger partial charge in [-0.1, -0.05) is 28.1 Å². The monoisotopic (exact) mass is 349 g/mol. The van der Waals surface area contributed by atoms with E-state index in [0.717, 1.165) is 27.8 Å².